The van der Waals surface area contributed by atoms with Crippen molar-refractivity contribution in [2.45, 2.75) is 18.6 Å². The first-order chi connectivity index (χ1) is 14.8. The summed E-state index contributed by atoms with van der Waals surface area (Å²) < 4.78 is 50.1. The Labute approximate surface area is 175 Å². The van der Waals surface area contributed by atoms with Crippen molar-refractivity contribution in [2.24, 2.45) is 0 Å². The second kappa shape index (κ2) is 7.97. The Bertz CT molecular complexity index is 1120. The Morgan fingerprint density at radius 1 is 1.19 bits per heavy atom. The van der Waals surface area contributed by atoms with E-state index in [-0.39, 0.29) is 6.54 Å². The quantitative estimate of drug-likeness (QED) is 0.664. The van der Waals surface area contributed by atoms with Crippen LogP contribution in [0.5, 0.6) is 11.5 Å². The molecule has 0 spiro atoms. The van der Waals surface area contributed by atoms with E-state index < -0.39 is 18.1 Å². The number of nitrogens with one attached hydrogen (secondary N) is 1. The summed E-state index contributed by atoms with van der Waals surface area (Å²) in [6, 6.07) is 6.58. The van der Waals surface area contributed by atoms with Crippen molar-refractivity contribution in [1.29, 1.82) is 0 Å². The summed E-state index contributed by atoms with van der Waals surface area (Å²) in [5.41, 5.74) is 2.03. The lowest BCUT2D eigenvalue weighted by molar-refractivity contribution is -0.174. The molecule has 1 atom stereocenters. The number of ether oxygens (including phenoxy) is 2. The fraction of sp³-hybridized carbons (Fsp3) is 0.350. The number of rotatable bonds is 5. The molecule has 1 aromatic carbocycles. The highest BCUT2D eigenvalue weighted by Gasteiger charge is 2.40. The molecule has 0 unspecified atom stereocenters. The van der Waals surface area contributed by atoms with Crippen LogP contribution in [0.3, 0.4) is 0 Å². The van der Waals surface area contributed by atoms with E-state index in [1.165, 1.54) is 7.11 Å². The number of anilines is 1. The molecule has 2 aromatic heterocycles. The van der Waals surface area contributed by atoms with Crippen LogP contribution in [0.4, 0.5) is 19.1 Å². The van der Waals surface area contributed by atoms with Crippen molar-refractivity contribution in [3.63, 3.8) is 0 Å². The van der Waals surface area contributed by atoms with Crippen LogP contribution in [0, 0.1) is 0 Å². The summed E-state index contributed by atoms with van der Waals surface area (Å²) >= 11 is 0. The number of alkyl halides is 3. The van der Waals surface area contributed by atoms with Crippen LogP contribution in [0.2, 0.25) is 0 Å². The molecule has 0 bridgehead atoms. The number of amides is 1. The number of nitrogens with zero attached hydrogens (tertiary/aromatic N) is 4. The maximum absolute atomic E-state index is 12.6. The molecule has 8 nitrogen and oxygen atoms in total. The van der Waals surface area contributed by atoms with E-state index in [0.717, 1.165) is 5.56 Å². The number of carbonyl (C=O) groups is 1. The van der Waals surface area contributed by atoms with Gasteiger partial charge in [-0.15, -0.1) is 0 Å². The molecular weight excluding hydrogens is 415 g/mol. The molecule has 11 heteroatoms. The van der Waals surface area contributed by atoms with E-state index >= 15 is 0 Å². The van der Waals surface area contributed by atoms with E-state index in [1.54, 1.807) is 36.0 Å². The molecule has 3 aromatic rings. The van der Waals surface area contributed by atoms with Gasteiger partial charge in [-0.2, -0.15) is 13.2 Å². The van der Waals surface area contributed by atoms with Gasteiger partial charge in [-0.25, -0.2) is 9.97 Å². The molecule has 0 saturated carbocycles. The van der Waals surface area contributed by atoms with Gasteiger partial charge in [-0.05, 0) is 24.6 Å². The van der Waals surface area contributed by atoms with Gasteiger partial charge in [0.05, 0.1) is 19.9 Å². The van der Waals surface area contributed by atoms with E-state index in [9.17, 15) is 18.0 Å². The van der Waals surface area contributed by atoms with Crippen LogP contribution in [-0.4, -0.2) is 59.8 Å². The van der Waals surface area contributed by atoms with Crippen LogP contribution >= 0.6 is 0 Å². The first kappa shape index (κ1) is 20.8. The summed E-state index contributed by atoms with van der Waals surface area (Å²) in [4.78, 5) is 22.2. The average Bonchev–Trinajstić information content (AvgIpc) is 3.41. The zero-order valence-corrected chi connectivity index (χ0v) is 16.8. The van der Waals surface area contributed by atoms with Crippen LogP contribution in [-0.2, 0) is 4.79 Å². The van der Waals surface area contributed by atoms with Crippen LogP contribution in [0.15, 0.2) is 36.7 Å². The van der Waals surface area contributed by atoms with E-state index in [0.29, 0.717) is 41.8 Å². The predicted octanol–water partition coefficient (Wildman–Crippen LogP) is 2.67. The van der Waals surface area contributed by atoms with Crippen LogP contribution in [0.25, 0.3) is 16.9 Å². The zero-order valence-electron chi connectivity index (χ0n) is 16.8. The normalized spacial score (nSPS) is 16.5. The maximum Gasteiger partial charge on any atom is 0.471 e. The number of fused-ring (bicyclic) bond motifs is 1. The molecule has 1 fully saturated rings. The van der Waals surface area contributed by atoms with E-state index in [2.05, 4.69) is 4.98 Å². The van der Waals surface area contributed by atoms with Gasteiger partial charge >= 0.3 is 12.1 Å². The molecule has 1 aliphatic heterocycles. The van der Waals surface area contributed by atoms with Crippen molar-refractivity contribution >= 4 is 17.5 Å². The summed E-state index contributed by atoms with van der Waals surface area (Å²) in [6.45, 7) is 0.649. The Kier molecular flexibility index (Phi) is 5.34. The van der Waals surface area contributed by atoms with E-state index in [1.807, 2.05) is 22.3 Å². The van der Waals surface area contributed by atoms with Gasteiger partial charge in [0.1, 0.15) is 5.65 Å². The van der Waals surface area contributed by atoms with Crippen molar-refractivity contribution in [3.05, 3.63) is 36.7 Å². The molecule has 1 amide bonds. The van der Waals surface area contributed by atoms with Gasteiger partial charge in [0.25, 0.3) is 0 Å². The number of methoxy groups -OCH3 is 2. The predicted molar refractivity (Wildman–Crippen MR) is 106 cm³/mol. The average molecular weight is 435 g/mol. The van der Waals surface area contributed by atoms with Gasteiger partial charge in [0, 0.05) is 43.2 Å². The molecule has 0 radical (unpaired) electrons. The van der Waals surface area contributed by atoms with Crippen molar-refractivity contribution in [2.75, 3.05) is 32.2 Å². The third-order valence-corrected chi connectivity index (χ3v) is 5.11. The lowest BCUT2D eigenvalue weighted by Crippen LogP contribution is -2.44. The third kappa shape index (κ3) is 4.07. The molecule has 4 rings (SSSR count). The number of imidazole rings is 1. The number of halogens is 3. The molecule has 1 aliphatic rings. The van der Waals surface area contributed by atoms with Gasteiger partial charge in [-0.1, -0.05) is 0 Å². The maximum atomic E-state index is 12.6. The Hall–Kier alpha value is -3.50. The fourth-order valence-electron chi connectivity index (χ4n) is 3.60. The Balaban J connectivity index is 1.65. The first-order valence-corrected chi connectivity index (χ1v) is 9.49. The van der Waals surface area contributed by atoms with Crippen molar-refractivity contribution in [1.82, 2.24) is 19.7 Å². The van der Waals surface area contributed by atoms with Crippen LogP contribution < -0.4 is 19.7 Å². The third-order valence-electron chi connectivity index (χ3n) is 5.11. The second-order valence-corrected chi connectivity index (χ2v) is 7.07. The monoisotopic (exact) mass is 435 g/mol. The molecule has 3 heterocycles. The second-order valence-electron chi connectivity index (χ2n) is 7.07. The minimum Gasteiger partial charge on any atom is -0.493 e. The minimum absolute atomic E-state index is 0.206. The lowest BCUT2D eigenvalue weighted by atomic mass is 10.1. The van der Waals surface area contributed by atoms with Gasteiger partial charge < -0.3 is 19.7 Å². The number of benzene rings is 1. The summed E-state index contributed by atoms with van der Waals surface area (Å²) in [6.07, 6.45) is -1.17. The lowest BCUT2D eigenvalue weighted by Gasteiger charge is -2.20. The number of hydrogen-bond acceptors (Lipinski definition) is 6. The van der Waals surface area contributed by atoms with Gasteiger partial charge in [0.2, 0.25) is 5.95 Å². The highest BCUT2D eigenvalue weighted by atomic mass is 19.4. The first-order valence-electron chi connectivity index (χ1n) is 9.49. The van der Waals surface area contributed by atoms with Crippen LogP contribution in [0.1, 0.15) is 6.42 Å². The van der Waals surface area contributed by atoms with Gasteiger partial charge in [0.15, 0.2) is 11.5 Å². The topological polar surface area (TPSA) is 81.0 Å². The summed E-state index contributed by atoms with van der Waals surface area (Å²) in [5.74, 6) is -0.276. The smallest absolute Gasteiger partial charge is 0.471 e. The van der Waals surface area contributed by atoms with Gasteiger partial charge in [-0.3, -0.25) is 9.20 Å². The molecule has 1 N–H and O–H groups in total. The largest absolute Gasteiger partial charge is 0.493 e. The Morgan fingerprint density at radius 2 is 1.97 bits per heavy atom. The SMILES string of the molecule is COc1ccc(-c2cc3nccn3c(N3CC[C@@H](NC(=O)C(F)(F)F)C3)n2)cc1OC. The highest BCUT2D eigenvalue weighted by molar-refractivity contribution is 5.82. The van der Waals surface area contributed by atoms with Crippen molar-refractivity contribution in [3.8, 4) is 22.8 Å². The molecule has 0 aliphatic carbocycles. The summed E-state index contributed by atoms with van der Waals surface area (Å²) in [5, 5.41) is 2.05. The molecule has 31 heavy (non-hydrogen) atoms. The zero-order chi connectivity index (χ0) is 22.2. The number of aromatic nitrogens is 3. The number of hydrogen-bond donors (Lipinski definition) is 1. The number of carbonyl (C=O) groups excluding carboxylic acids is 1. The minimum atomic E-state index is -4.91. The van der Waals surface area contributed by atoms with E-state index in [4.69, 9.17) is 14.5 Å². The summed E-state index contributed by atoms with van der Waals surface area (Å²) in [7, 11) is 3.09. The standard InChI is InChI=1S/C20H20F3N5O3/c1-30-15-4-3-12(9-16(15)31-2)14-10-17-24-6-8-28(17)19(26-14)27-7-5-13(11-27)25-18(29)20(21,22)23/h3-4,6,8-10,13H,5,7,11H2,1-2H3,(H,25,29)/t13-/m1/s1. The molecule has 164 valence electrons. The molecular formula is C20H20F3N5O3. The van der Waals surface area contributed by atoms with Crippen molar-refractivity contribution < 1.29 is 27.4 Å². The highest BCUT2D eigenvalue weighted by Crippen LogP contribution is 2.33. The Morgan fingerprint density at radius 3 is 2.68 bits per heavy atom. The fourth-order valence-corrected chi connectivity index (χ4v) is 3.60. The molecule has 1 saturated heterocycles.